The molecule has 0 aromatic carbocycles. The van der Waals surface area contributed by atoms with Gasteiger partial charge in [0.05, 0.1) is 24.9 Å². The molecule has 3 atom stereocenters. The number of carbonyl (C=O) groups excluding carboxylic acids is 2. The highest BCUT2D eigenvalue weighted by Gasteiger charge is 2.42. The van der Waals surface area contributed by atoms with Crippen LogP contribution < -0.4 is 25.2 Å². The van der Waals surface area contributed by atoms with E-state index >= 15 is 0 Å². The first-order valence-corrected chi connectivity index (χ1v) is 12.7. The fraction of sp³-hybridized carbons (Fsp3) is 0.520. The van der Waals surface area contributed by atoms with Gasteiger partial charge in [-0.15, -0.1) is 0 Å². The number of aliphatic hydroxyl groups excluding tert-OH is 1. The van der Waals surface area contributed by atoms with Crippen LogP contribution in [-0.2, 0) is 9.47 Å². The van der Waals surface area contributed by atoms with Crippen LogP contribution in [0.3, 0.4) is 0 Å². The lowest BCUT2D eigenvalue weighted by molar-refractivity contribution is -0.161. The fourth-order valence-corrected chi connectivity index (χ4v) is 4.83. The minimum Gasteiger partial charge on any atom is -0.491 e. The number of amides is 3. The summed E-state index contributed by atoms with van der Waals surface area (Å²) < 4.78 is 56.2. The Hall–Kier alpha value is -3.69. The Kier molecular flexibility index (Phi) is 7.46. The number of urea groups is 1. The largest absolute Gasteiger partial charge is 0.491 e. The van der Waals surface area contributed by atoms with Crippen LogP contribution in [-0.4, -0.2) is 90.1 Å². The number of alkyl halides is 3. The lowest BCUT2D eigenvalue weighted by atomic mass is 10.1. The second kappa shape index (κ2) is 10.7. The summed E-state index contributed by atoms with van der Waals surface area (Å²) in [6.07, 6.45) is -2.99. The van der Waals surface area contributed by atoms with Gasteiger partial charge in [0.15, 0.2) is 11.6 Å². The molecule has 2 aromatic heterocycles. The van der Waals surface area contributed by atoms with E-state index in [-0.39, 0.29) is 36.1 Å². The summed E-state index contributed by atoms with van der Waals surface area (Å²) in [7, 11) is 0. The number of halogens is 3. The molecule has 15 heteroatoms. The Bertz CT molecular complexity index is 1280. The van der Waals surface area contributed by atoms with Crippen LogP contribution in [0, 0.1) is 0 Å². The molecule has 3 amide bonds. The fourth-order valence-electron chi connectivity index (χ4n) is 4.83. The van der Waals surface area contributed by atoms with E-state index in [1.807, 2.05) is 18.7 Å². The molecule has 2 fully saturated rings. The van der Waals surface area contributed by atoms with Crippen molar-refractivity contribution >= 4 is 29.3 Å². The first-order valence-electron chi connectivity index (χ1n) is 12.7. The lowest BCUT2D eigenvalue weighted by Gasteiger charge is -2.35. The predicted octanol–water partition coefficient (Wildman–Crippen LogP) is 2.29. The highest BCUT2D eigenvalue weighted by atomic mass is 19.4. The number of hydrogen-bond donors (Lipinski definition) is 3. The number of aromatic nitrogens is 2. The van der Waals surface area contributed by atoms with Gasteiger partial charge in [0.2, 0.25) is 0 Å². The molecule has 2 bridgehead atoms. The molecule has 0 aliphatic carbocycles. The van der Waals surface area contributed by atoms with E-state index in [9.17, 15) is 22.8 Å². The zero-order valence-electron chi connectivity index (χ0n) is 21.8. The van der Waals surface area contributed by atoms with Crippen LogP contribution in [0.5, 0.6) is 5.75 Å². The average molecular weight is 567 g/mol. The van der Waals surface area contributed by atoms with Gasteiger partial charge in [-0.1, -0.05) is 0 Å². The quantitative estimate of drug-likeness (QED) is 0.461. The zero-order chi connectivity index (χ0) is 28.7. The van der Waals surface area contributed by atoms with Crippen LogP contribution in [0.2, 0.25) is 0 Å². The van der Waals surface area contributed by atoms with Crippen molar-refractivity contribution in [2.45, 2.75) is 50.4 Å². The summed E-state index contributed by atoms with van der Waals surface area (Å²) in [6.45, 7) is 4.10. The van der Waals surface area contributed by atoms with Crippen molar-refractivity contribution in [3.8, 4) is 5.75 Å². The molecule has 40 heavy (non-hydrogen) atoms. The molecular formula is C25H29F3N6O6. The van der Waals surface area contributed by atoms with E-state index in [1.165, 1.54) is 17.2 Å². The number of hydrogen-bond acceptors (Lipinski definition) is 9. The number of ether oxygens (including phenoxy) is 3. The number of aliphatic hydroxyl groups is 1. The average Bonchev–Trinajstić information content (AvgIpc) is 3.48. The second-order valence-electron chi connectivity index (χ2n) is 10.1. The predicted molar refractivity (Wildman–Crippen MR) is 135 cm³/mol. The number of anilines is 3. The Labute approximate surface area is 227 Å². The SMILES string of the molecule is CC1(C)OC[C@H](COc2ccnc(NC(=O)N3c4nc(C(=O)NC(CO)C(F)(F)F)ccc4N4CC[C@H]3C4)c2)O1. The Morgan fingerprint density at radius 1 is 1.30 bits per heavy atom. The molecule has 2 saturated heterocycles. The van der Waals surface area contributed by atoms with Gasteiger partial charge in [-0.3, -0.25) is 15.0 Å². The highest BCUT2D eigenvalue weighted by molar-refractivity contribution is 6.05. The lowest BCUT2D eigenvalue weighted by Crippen LogP contribution is -2.49. The van der Waals surface area contributed by atoms with Crippen LogP contribution in [0.25, 0.3) is 0 Å². The van der Waals surface area contributed by atoms with Crippen molar-refractivity contribution in [2.75, 3.05) is 48.0 Å². The zero-order valence-corrected chi connectivity index (χ0v) is 21.8. The summed E-state index contributed by atoms with van der Waals surface area (Å²) in [4.78, 5) is 37.9. The standard InChI is InChI=1S/C25H29F3N6O6/c1-24(2)39-13-16(40-24)12-38-15-5-7-29-20(9-15)32-23(37)34-14-6-8-33(10-14)18-4-3-17(30-21(18)34)22(36)31-19(11-35)25(26,27)28/h3-5,7,9,14,16,19,35H,6,8,10-13H2,1-2H3,(H,31,36)(H,29,32,37)/t14-,16-,19?/m0/s1. The number of rotatable bonds is 7. The molecule has 5 rings (SSSR count). The van der Waals surface area contributed by atoms with Gasteiger partial charge in [-0.05, 0) is 38.5 Å². The van der Waals surface area contributed by atoms with Gasteiger partial charge in [-0.25, -0.2) is 14.8 Å². The third kappa shape index (κ3) is 5.90. The van der Waals surface area contributed by atoms with Crippen LogP contribution >= 0.6 is 0 Å². The van der Waals surface area contributed by atoms with Gasteiger partial charge < -0.3 is 29.5 Å². The van der Waals surface area contributed by atoms with Gasteiger partial charge >= 0.3 is 12.2 Å². The summed E-state index contributed by atoms with van der Waals surface area (Å²) >= 11 is 0. The van der Waals surface area contributed by atoms with Crippen molar-refractivity contribution in [1.29, 1.82) is 0 Å². The molecule has 2 aromatic rings. The Morgan fingerprint density at radius 2 is 2.10 bits per heavy atom. The van der Waals surface area contributed by atoms with Crippen LogP contribution in [0.4, 0.5) is 35.3 Å². The van der Waals surface area contributed by atoms with Crippen molar-refractivity contribution in [1.82, 2.24) is 15.3 Å². The van der Waals surface area contributed by atoms with E-state index in [0.717, 1.165) is 0 Å². The van der Waals surface area contributed by atoms with E-state index in [0.29, 0.717) is 37.6 Å². The van der Waals surface area contributed by atoms with Crippen molar-refractivity contribution in [2.24, 2.45) is 0 Å². The van der Waals surface area contributed by atoms with Gasteiger partial charge in [-0.2, -0.15) is 13.2 Å². The molecule has 12 nitrogen and oxygen atoms in total. The molecule has 3 aliphatic rings. The van der Waals surface area contributed by atoms with Gasteiger partial charge in [0.1, 0.15) is 36.0 Å². The Balaban J connectivity index is 1.31. The van der Waals surface area contributed by atoms with Gasteiger partial charge in [0.25, 0.3) is 5.91 Å². The van der Waals surface area contributed by atoms with Crippen molar-refractivity contribution < 1.29 is 42.1 Å². The minimum absolute atomic E-state index is 0.139. The first kappa shape index (κ1) is 27.9. The van der Waals surface area contributed by atoms with Crippen molar-refractivity contribution in [3.05, 3.63) is 36.2 Å². The first-order chi connectivity index (χ1) is 18.9. The number of fused-ring (bicyclic) bond motifs is 4. The number of nitrogens with zero attached hydrogens (tertiary/aromatic N) is 4. The monoisotopic (exact) mass is 566 g/mol. The number of nitrogens with one attached hydrogen (secondary N) is 2. The van der Waals surface area contributed by atoms with E-state index in [2.05, 4.69) is 15.3 Å². The van der Waals surface area contributed by atoms with Crippen molar-refractivity contribution in [3.63, 3.8) is 0 Å². The summed E-state index contributed by atoms with van der Waals surface area (Å²) in [5, 5.41) is 13.5. The normalized spacial score (nSPS) is 22.1. The second-order valence-corrected chi connectivity index (χ2v) is 10.1. The molecule has 3 N–H and O–H groups in total. The summed E-state index contributed by atoms with van der Waals surface area (Å²) in [6, 6.07) is 2.72. The van der Waals surface area contributed by atoms with Gasteiger partial charge in [0, 0.05) is 25.4 Å². The maximum atomic E-state index is 13.5. The Morgan fingerprint density at radius 3 is 2.80 bits per heavy atom. The van der Waals surface area contributed by atoms with E-state index < -0.39 is 36.6 Å². The molecule has 5 heterocycles. The molecule has 0 saturated carbocycles. The van der Waals surface area contributed by atoms with Crippen LogP contribution in [0.1, 0.15) is 30.8 Å². The molecule has 0 radical (unpaired) electrons. The van der Waals surface area contributed by atoms with E-state index in [4.69, 9.17) is 19.3 Å². The maximum absolute atomic E-state index is 13.5. The number of carbonyl (C=O) groups is 2. The molecular weight excluding hydrogens is 537 g/mol. The number of pyridine rings is 2. The minimum atomic E-state index is -4.84. The molecule has 216 valence electrons. The third-order valence-electron chi connectivity index (χ3n) is 6.76. The molecule has 1 unspecified atom stereocenters. The maximum Gasteiger partial charge on any atom is 0.410 e. The smallest absolute Gasteiger partial charge is 0.410 e. The topological polar surface area (TPSA) is 138 Å². The van der Waals surface area contributed by atoms with Crippen LogP contribution in [0.15, 0.2) is 30.5 Å². The third-order valence-corrected chi connectivity index (χ3v) is 6.76. The molecule has 0 spiro atoms. The summed E-state index contributed by atoms with van der Waals surface area (Å²) in [5.41, 5.74) is 0.248. The highest BCUT2D eigenvalue weighted by Crippen LogP contribution is 2.39. The molecule has 3 aliphatic heterocycles. The summed E-state index contributed by atoms with van der Waals surface area (Å²) in [5.74, 6) is -1.01. The van der Waals surface area contributed by atoms with E-state index in [1.54, 1.807) is 23.5 Å².